The SMILES string of the molecule is CC1C(=O)N2CCCC2CN1C(=O)c1ccc(Cl)cc1O. The number of benzene rings is 1. The van der Waals surface area contributed by atoms with Gasteiger partial charge in [0.1, 0.15) is 11.8 Å². The van der Waals surface area contributed by atoms with Crippen molar-refractivity contribution in [3.8, 4) is 5.75 Å². The number of aromatic hydroxyl groups is 1. The summed E-state index contributed by atoms with van der Waals surface area (Å²) in [7, 11) is 0. The number of carbonyl (C=O) groups is 2. The molecule has 6 heteroatoms. The summed E-state index contributed by atoms with van der Waals surface area (Å²) >= 11 is 5.79. The van der Waals surface area contributed by atoms with E-state index in [0.29, 0.717) is 11.6 Å². The van der Waals surface area contributed by atoms with Gasteiger partial charge in [0.25, 0.3) is 5.91 Å². The fourth-order valence-electron chi connectivity index (χ4n) is 3.17. The number of rotatable bonds is 1. The summed E-state index contributed by atoms with van der Waals surface area (Å²) in [5.74, 6) is -0.483. The van der Waals surface area contributed by atoms with Gasteiger partial charge in [-0.15, -0.1) is 0 Å². The van der Waals surface area contributed by atoms with Crippen molar-refractivity contribution in [1.29, 1.82) is 0 Å². The number of amides is 2. The Kier molecular flexibility index (Phi) is 3.53. The van der Waals surface area contributed by atoms with Gasteiger partial charge < -0.3 is 14.9 Å². The topological polar surface area (TPSA) is 60.9 Å². The summed E-state index contributed by atoms with van der Waals surface area (Å²) in [4.78, 5) is 28.4. The molecule has 0 aliphatic carbocycles. The minimum absolute atomic E-state index is 0.00875. The number of phenols is 1. The second-order valence-electron chi connectivity index (χ2n) is 5.62. The predicted octanol–water partition coefficient (Wildman–Crippen LogP) is 1.88. The molecule has 0 aromatic heterocycles. The fourth-order valence-corrected chi connectivity index (χ4v) is 3.34. The molecule has 1 aromatic carbocycles. The largest absolute Gasteiger partial charge is 0.507 e. The Hall–Kier alpha value is -1.75. The van der Waals surface area contributed by atoms with Crippen LogP contribution in [0.4, 0.5) is 0 Å². The van der Waals surface area contributed by atoms with E-state index in [2.05, 4.69) is 0 Å². The number of fused-ring (bicyclic) bond motifs is 1. The summed E-state index contributed by atoms with van der Waals surface area (Å²) in [5.41, 5.74) is 0.186. The predicted molar refractivity (Wildman–Crippen MR) is 78.4 cm³/mol. The van der Waals surface area contributed by atoms with Crippen molar-refractivity contribution in [2.75, 3.05) is 13.1 Å². The van der Waals surface area contributed by atoms with Gasteiger partial charge in [-0.3, -0.25) is 9.59 Å². The smallest absolute Gasteiger partial charge is 0.258 e. The Morgan fingerprint density at radius 3 is 2.90 bits per heavy atom. The molecule has 112 valence electrons. The minimum Gasteiger partial charge on any atom is -0.507 e. The van der Waals surface area contributed by atoms with Crippen LogP contribution in [-0.4, -0.2) is 51.9 Å². The number of nitrogens with zero attached hydrogens (tertiary/aromatic N) is 2. The Labute approximate surface area is 128 Å². The molecule has 2 heterocycles. The van der Waals surface area contributed by atoms with Crippen LogP contribution in [0.3, 0.4) is 0 Å². The van der Waals surface area contributed by atoms with E-state index in [1.54, 1.807) is 17.9 Å². The van der Waals surface area contributed by atoms with Crippen LogP contribution >= 0.6 is 11.6 Å². The molecular formula is C15H17ClN2O3. The van der Waals surface area contributed by atoms with Gasteiger partial charge in [-0.05, 0) is 38.0 Å². The van der Waals surface area contributed by atoms with Crippen LogP contribution < -0.4 is 0 Å². The first-order chi connectivity index (χ1) is 9.99. The first-order valence-electron chi connectivity index (χ1n) is 7.09. The number of hydrogen-bond acceptors (Lipinski definition) is 3. The lowest BCUT2D eigenvalue weighted by Crippen LogP contribution is -2.60. The summed E-state index contributed by atoms with van der Waals surface area (Å²) in [6, 6.07) is 4.01. The Morgan fingerprint density at radius 1 is 1.43 bits per heavy atom. The maximum Gasteiger partial charge on any atom is 0.258 e. The van der Waals surface area contributed by atoms with E-state index in [-0.39, 0.29) is 29.2 Å². The molecular weight excluding hydrogens is 292 g/mol. The molecule has 0 saturated carbocycles. The molecule has 2 saturated heterocycles. The molecule has 21 heavy (non-hydrogen) atoms. The molecule has 1 aromatic rings. The first kappa shape index (κ1) is 14.2. The fraction of sp³-hybridized carbons (Fsp3) is 0.467. The first-order valence-corrected chi connectivity index (χ1v) is 7.47. The van der Waals surface area contributed by atoms with Crippen molar-refractivity contribution < 1.29 is 14.7 Å². The molecule has 2 unspecified atom stereocenters. The third kappa shape index (κ3) is 2.35. The van der Waals surface area contributed by atoms with E-state index in [0.717, 1.165) is 19.4 Å². The van der Waals surface area contributed by atoms with Crippen molar-refractivity contribution in [3.63, 3.8) is 0 Å². The lowest BCUT2D eigenvalue weighted by atomic mass is 10.0. The van der Waals surface area contributed by atoms with Gasteiger partial charge in [-0.25, -0.2) is 0 Å². The Morgan fingerprint density at radius 2 is 2.19 bits per heavy atom. The highest BCUT2D eigenvalue weighted by atomic mass is 35.5. The number of halogens is 1. The second-order valence-corrected chi connectivity index (χ2v) is 6.06. The third-order valence-corrected chi connectivity index (χ3v) is 4.58. The number of carbonyl (C=O) groups excluding carboxylic acids is 2. The number of hydrogen-bond donors (Lipinski definition) is 1. The molecule has 0 bridgehead atoms. The van der Waals surface area contributed by atoms with Gasteiger partial charge in [0.2, 0.25) is 5.91 Å². The Balaban J connectivity index is 1.88. The summed E-state index contributed by atoms with van der Waals surface area (Å²) in [6.07, 6.45) is 1.91. The summed E-state index contributed by atoms with van der Waals surface area (Å²) in [6.45, 7) is 3.04. The molecule has 2 fully saturated rings. The molecule has 3 rings (SSSR count). The van der Waals surface area contributed by atoms with Crippen molar-refractivity contribution in [3.05, 3.63) is 28.8 Å². The van der Waals surface area contributed by atoms with Crippen LogP contribution in [-0.2, 0) is 4.79 Å². The zero-order valence-corrected chi connectivity index (χ0v) is 12.5. The molecule has 2 atom stereocenters. The highest BCUT2D eigenvalue weighted by Crippen LogP contribution is 2.29. The molecule has 5 nitrogen and oxygen atoms in total. The van der Waals surface area contributed by atoms with Crippen molar-refractivity contribution in [2.24, 2.45) is 0 Å². The minimum atomic E-state index is -0.498. The van der Waals surface area contributed by atoms with Gasteiger partial charge >= 0.3 is 0 Å². The average Bonchev–Trinajstić information content (AvgIpc) is 2.90. The average molecular weight is 309 g/mol. The number of piperazine rings is 1. The Bertz CT molecular complexity index is 605. The van der Waals surface area contributed by atoms with Crippen LogP contribution in [0.2, 0.25) is 5.02 Å². The van der Waals surface area contributed by atoms with Crippen molar-refractivity contribution in [1.82, 2.24) is 9.80 Å². The van der Waals surface area contributed by atoms with E-state index in [1.807, 2.05) is 4.90 Å². The lowest BCUT2D eigenvalue weighted by Gasteiger charge is -2.41. The highest BCUT2D eigenvalue weighted by molar-refractivity contribution is 6.30. The lowest BCUT2D eigenvalue weighted by molar-refractivity contribution is -0.141. The van der Waals surface area contributed by atoms with Gasteiger partial charge in [0.05, 0.1) is 5.56 Å². The van der Waals surface area contributed by atoms with Gasteiger partial charge in [0.15, 0.2) is 0 Å². The normalized spacial score (nSPS) is 25.1. The highest BCUT2D eigenvalue weighted by Gasteiger charge is 2.42. The van der Waals surface area contributed by atoms with Crippen LogP contribution in [0.5, 0.6) is 5.75 Å². The van der Waals surface area contributed by atoms with E-state index >= 15 is 0 Å². The molecule has 2 amide bonds. The van der Waals surface area contributed by atoms with Crippen molar-refractivity contribution in [2.45, 2.75) is 31.8 Å². The molecule has 2 aliphatic heterocycles. The quantitative estimate of drug-likeness (QED) is 0.861. The summed E-state index contributed by atoms with van der Waals surface area (Å²) < 4.78 is 0. The molecule has 0 spiro atoms. The molecule has 0 radical (unpaired) electrons. The zero-order valence-electron chi connectivity index (χ0n) is 11.8. The molecule has 2 aliphatic rings. The maximum atomic E-state index is 12.6. The van der Waals surface area contributed by atoms with Crippen molar-refractivity contribution >= 4 is 23.4 Å². The zero-order chi connectivity index (χ0) is 15.1. The van der Waals surface area contributed by atoms with Crippen LogP contribution in [0.15, 0.2) is 18.2 Å². The third-order valence-electron chi connectivity index (χ3n) is 4.34. The van der Waals surface area contributed by atoms with Gasteiger partial charge in [0, 0.05) is 24.2 Å². The molecule has 1 N–H and O–H groups in total. The van der Waals surface area contributed by atoms with Crippen LogP contribution in [0, 0.1) is 0 Å². The second kappa shape index (κ2) is 5.22. The maximum absolute atomic E-state index is 12.6. The van der Waals surface area contributed by atoms with Crippen LogP contribution in [0.25, 0.3) is 0 Å². The van der Waals surface area contributed by atoms with Gasteiger partial charge in [-0.2, -0.15) is 0 Å². The van der Waals surface area contributed by atoms with Crippen LogP contribution in [0.1, 0.15) is 30.1 Å². The van der Waals surface area contributed by atoms with E-state index in [4.69, 9.17) is 11.6 Å². The van der Waals surface area contributed by atoms with Gasteiger partial charge in [-0.1, -0.05) is 11.6 Å². The number of phenolic OH excluding ortho intramolecular Hbond substituents is 1. The van der Waals surface area contributed by atoms with E-state index in [9.17, 15) is 14.7 Å². The summed E-state index contributed by atoms with van der Waals surface area (Å²) in [5, 5.41) is 10.3. The van der Waals surface area contributed by atoms with E-state index in [1.165, 1.54) is 12.1 Å². The van der Waals surface area contributed by atoms with E-state index < -0.39 is 6.04 Å². The standard InChI is InChI=1S/C15H17ClN2O3/c1-9-14(20)17-6-2-3-11(17)8-18(9)15(21)12-5-4-10(16)7-13(12)19/h4-5,7,9,11,19H,2-3,6,8H2,1H3. The monoisotopic (exact) mass is 308 g/mol.